The highest BCUT2D eigenvalue weighted by Crippen LogP contribution is 2.47. The van der Waals surface area contributed by atoms with Gasteiger partial charge in [-0.2, -0.15) is 5.10 Å². The van der Waals surface area contributed by atoms with Crippen molar-refractivity contribution in [2.45, 2.75) is 18.8 Å². The topological polar surface area (TPSA) is 83.6 Å². The zero-order valence-electron chi connectivity index (χ0n) is 13.7. The summed E-state index contributed by atoms with van der Waals surface area (Å²) in [5.74, 6) is 1.94. The summed E-state index contributed by atoms with van der Waals surface area (Å²) in [7, 11) is 0. The fraction of sp³-hybridized carbons (Fsp3) is 0.263. The molecule has 1 saturated carbocycles. The number of hydrogen-bond donors (Lipinski definition) is 2. The van der Waals surface area contributed by atoms with Gasteiger partial charge in [-0.05, 0) is 24.0 Å². The molecule has 1 aromatic carbocycles. The molecule has 0 radical (unpaired) electrons. The zero-order valence-corrected chi connectivity index (χ0v) is 13.7. The Labute approximate surface area is 145 Å². The number of benzene rings is 1. The van der Waals surface area contributed by atoms with Crippen LogP contribution < -0.4 is 5.32 Å². The van der Waals surface area contributed by atoms with Crippen molar-refractivity contribution in [2.24, 2.45) is 5.92 Å². The first-order chi connectivity index (χ1) is 12.3. The first kappa shape index (κ1) is 15.5. The molecule has 1 aliphatic carbocycles. The molecule has 6 heteroatoms. The summed E-state index contributed by atoms with van der Waals surface area (Å²) in [5, 5.41) is 10.2. The lowest BCUT2D eigenvalue weighted by Gasteiger charge is -2.03. The Balaban J connectivity index is 1.26. The van der Waals surface area contributed by atoms with Crippen molar-refractivity contribution in [3.05, 3.63) is 66.2 Å². The third-order valence-corrected chi connectivity index (χ3v) is 4.46. The number of amides is 1. The molecule has 1 amide bonds. The highest BCUT2D eigenvalue weighted by atomic mass is 16.2. The van der Waals surface area contributed by atoms with Crippen molar-refractivity contribution in [3.63, 3.8) is 0 Å². The molecule has 126 valence electrons. The number of hydrogen-bond acceptors (Lipinski definition) is 4. The molecule has 2 N–H and O–H groups in total. The highest BCUT2D eigenvalue weighted by molar-refractivity contribution is 5.82. The van der Waals surface area contributed by atoms with E-state index in [0.717, 1.165) is 23.4 Å². The molecule has 3 aromatic rings. The first-order valence-electron chi connectivity index (χ1n) is 8.45. The molecule has 0 bridgehead atoms. The van der Waals surface area contributed by atoms with Crippen molar-refractivity contribution in [1.29, 1.82) is 0 Å². The summed E-state index contributed by atoms with van der Waals surface area (Å²) in [6, 6.07) is 13.8. The molecule has 2 heterocycles. The Morgan fingerprint density at radius 1 is 1.20 bits per heavy atom. The number of carbonyl (C=O) groups is 1. The second-order valence-corrected chi connectivity index (χ2v) is 6.25. The van der Waals surface area contributed by atoms with Gasteiger partial charge in [-0.25, -0.2) is 4.98 Å². The minimum absolute atomic E-state index is 0.0683. The largest absolute Gasteiger partial charge is 0.355 e. The molecule has 6 nitrogen and oxygen atoms in total. The standard InChI is InChI=1S/C19H19N5O/c25-19(16-11-15(16)14-7-4-9-20-12-14)21-10-8-17-22-18(24-23-17)13-5-2-1-3-6-13/h1-7,9,12,15-16H,8,10-11H2,(H,21,25)(H,22,23,24)/t15-,16+/m0/s1. The van der Waals surface area contributed by atoms with Crippen LogP contribution in [0.2, 0.25) is 0 Å². The van der Waals surface area contributed by atoms with Crippen LogP contribution in [0.1, 0.15) is 23.7 Å². The first-order valence-corrected chi connectivity index (χ1v) is 8.45. The average Bonchev–Trinajstić information content (AvgIpc) is 3.34. The van der Waals surface area contributed by atoms with Gasteiger partial charge in [0.2, 0.25) is 5.91 Å². The third-order valence-electron chi connectivity index (χ3n) is 4.46. The molecule has 0 saturated heterocycles. The Morgan fingerprint density at radius 2 is 2.08 bits per heavy atom. The van der Waals surface area contributed by atoms with Gasteiger partial charge in [-0.1, -0.05) is 36.4 Å². The molecule has 1 fully saturated rings. The van der Waals surface area contributed by atoms with Gasteiger partial charge in [-0.3, -0.25) is 14.9 Å². The van der Waals surface area contributed by atoms with Crippen molar-refractivity contribution in [1.82, 2.24) is 25.5 Å². The van der Waals surface area contributed by atoms with Crippen molar-refractivity contribution < 1.29 is 4.79 Å². The lowest BCUT2D eigenvalue weighted by atomic mass is 10.1. The van der Waals surface area contributed by atoms with E-state index >= 15 is 0 Å². The van der Waals surface area contributed by atoms with Crippen LogP contribution in [0.3, 0.4) is 0 Å². The van der Waals surface area contributed by atoms with Gasteiger partial charge in [0.1, 0.15) is 5.82 Å². The van der Waals surface area contributed by atoms with Crippen LogP contribution in [0.5, 0.6) is 0 Å². The maximum atomic E-state index is 12.2. The van der Waals surface area contributed by atoms with Crippen LogP contribution in [0.15, 0.2) is 54.9 Å². The normalized spacial score (nSPS) is 18.7. The van der Waals surface area contributed by atoms with Crippen molar-refractivity contribution in [2.75, 3.05) is 6.54 Å². The molecular weight excluding hydrogens is 314 g/mol. The summed E-state index contributed by atoms with van der Waals surface area (Å²) >= 11 is 0. The van der Waals surface area contributed by atoms with Gasteiger partial charge in [-0.15, -0.1) is 0 Å². The minimum atomic E-state index is 0.0683. The van der Waals surface area contributed by atoms with Crippen LogP contribution in [0.25, 0.3) is 11.4 Å². The van der Waals surface area contributed by atoms with Crippen LogP contribution in [-0.2, 0) is 11.2 Å². The van der Waals surface area contributed by atoms with E-state index in [-0.39, 0.29) is 11.8 Å². The molecule has 1 aliphatic rings. The second kappa shape index (κ2) is 6.84. The van der Waals surface area contributed by atoms with E-state index in [1.165, 1.54) is 0 Å². The second-order valence-electron chi connectivity index (χ2n) is 6.25. The molecule has 0 unspecified atom stereocenters. The summed E-state index contributed by atoms with van der Waals surface area (Å²) in [6.45, 7) is 0.554. The molecule has 0 aliphatic heterocycles. The minimum Gasteiger partial charge on any atom is -0.355 e. The summed E-state index contributed by atoms with van der Waals surface area (Å²) in [6.07, 6.45) is 5.13. The van der Waals surface area contributed by atoms with E-state index in [4.69, 9.17) is 0 Å². The molecule has 0 spiro atoms. The van der Waals surface area contributed by atoms with Crippen LogP contribution in [-0.4, -0.2) is 32.6 Å². The highest BCUT2D eigenvalue weighted by Gasteiger charge is 2.43. The van der Waals surface area contributed by atoms with Gasteiger partial charge in [0.15, 0.2) is 5.82 Å². The number of nitrogens with one attached hydrogen (secondary N) is 2. The fourth-order valence-electron chi connectivity index (χ4n) is 3.01. The van der Waals surface area contributed by atoms with Gasteiger partial charge >= 0.3 is 0 Å². The van der Waals surface area contributed by atoms with Crippen molar-refractivity contribution in [3.8, 4) is 11.4 Å². The van der Waals surface area contributed by atoms with E-state index in [9.17, 15) is 4.79 Å². The number of nitrogens with zero attached hydrogens (tertiary/aromatic N) is 3. The third kappa shape index (κ3) is 3.57. The molecule has 2 aromatic heterocycles. The number of pyridine rings is 1. The monoisotopic (exact) mass is 333 g/mol. The Kier molecular flexibility index (Phi) is 4.24. The Bertz CT molecular complexity index is 847. The van der Waals surface area contributed by atoms with Gasteiger partial charge in [0.25, 0.3) is 0 Å². The van der Waals surface area contributed by atoms with E-state index < -0.39 is 0 Å². The van der Waals surface area contributed by atoms with Gasteiger partial charge in [0, 0.05) is 36.8 Å². The quantitative estimate of drug-likeness (QED) is 0.725. The van der Waals surface area contributed by atoms with Crippen LogP contribution in [0, 0.1) is 5.92 Å². The lowest BCUT2D eigenvalue weighted by molar-refractivity contribution is -0.122. The summed E-state index contributed by atoms with van der Waals surface area (Å²) in [4.78, 5) is 20.8. The predicted octanol–water partition coefficient (Wildman–Crippen LogP) is 2.33. The predicted molar refractivity (Wildman–Crippen MR) is 93.6 cm³/mol. The van der Waals surface area contributed by atoms with Crippen LogP contribution in [0.4, 0.5) is 0 Å². The number of carbonyl (C=O) groups excluding carboxylic acids is 1. The van der Waals surface area contributed by atoms with E-state index in [0.29, 0.717) is 24.7 Å². The maximum Gasteiger partial charge on any atom is 0.223 e. The number of aromatic amines is 1. The van der Waals surface area contributed by atoms with Gasteiger partial charge in [0.05, 0.1) is 0 Å². The van der Waals surface area contributed by atoms with Crippen LogP contribution >= 0.6 is 0 Å². The fourth-order valence-corrected chi connectivity index (χ4v) is 3.01. The SMILES string of the molecule is O=C(NCCc1nc(-c2ccccc2)n[nH]1)[C@@H]1C[C@H]1c1cccnc1. The summed E-state index contributed by atoms with van der Waals surface area (Å²) in [5.41, 5.74) is 2.12. The molecular formula is C19H19N5O. The smallest absolute Gasteiger partial charge is 0.223 e. The van der Waals surface area contributed by atoms with E-state index in [2.05, 4.69) is 25.5 Å². The van der Waals surface area contributed by atoms with E-state index in [1.807, 2.05) is 48.7 Å². The van der Waals surface area contributed by atoms with E-state index in [1.54, 1.807) is 6.20 Å². The zero-order chi connectivity index (χ0) is 17.1. The number of rotatable bonds is 6. The van der Waals surface area contributed by atoms with Crippen molar-refractivity contribution >= 4 is 5.91 Å². The Morgan fingerprint density at radius 3 is 2.88 bits per heavy atom. The molecule has 25 heavy (non-hydrogen) atoms. The van der Waals surface area contributed by atoms with Gasteiger partial charge < -0.3 is 5.32 Å². The molecule has 4 rings (SSSR count). The number of aromatic nitrogens is 4. The Hall–Kier alpha value is -3.02. The maximum absolute atomic E-state index is 12.2. The summed E-state index contributed by atoms with van der Waals surface area (Å²) < 4.78 is 0. The molecule has 2 atom stereocenters. The number of H-pyrrole nitrogens is 1. The average molecular weight is 333 g/mol. The lowest BCUT2D eigenvalue weighted by Crippen LogP contribution is -2.27.